The van der Waals surface area contributed by atoms with Crippen molar-refractivity contribution in [3.05, 3.63) is 16.1 Å². The molecular formula is C12H21N3S. The molecule has 2 rings (SSSR count). The molecule has 2 unspecified atom stereocenters. The Labute approximate surface area is 102 Å². The Hall–Kier alpha value is -0.450. The van der Waals surface area contributed by atoms with E-state index >= 15 is 0 Å². The van der Waals surface area contributed by atoms with Crippen LogP contribution in [0.2, 0.25) is 0 Å². The van der Waals surface area contributed by atoms with E-state index in [0.29, 0.717) is 12.1 Å². The summed E-state index contributed by atoms with van der Waals surface area (Å²) in [7, 11) is 2.21. The highest BCUT2D eigenvalue weighted by atomic mass is 32.1. The molecule has 4 heteroatoms. The fraction of sp³-hybridized carbons (Fsp3) is 0.750. The maximum Gasteiger partial charge on any atom is 0.107 e. The van der Waals surface area contributed by atoms with E-state index in [1.165, 1.54) is 29.3 Å². The molecule has 1 N–H and O–H groups in total. The van der Waals surface area contributed by atoms with E-state index in [4.69, 9.17) is 0 Å². The van der Waals surface area contributed by atoms with Gasteiger partial charge >= 0.3 is 0 Å². The molecule has 0 aliphatic carbocycles. The molecule has 90 valence electrons. The molecule has 0 bridgehead atoms. The first-order valence-electron chi connectivity index (χ1n) is 6.00. The zero-order chi connectivity index (χ0) is 11.5. The third-order valence-corrected chi connectivity index (χ3v) is 4.33. The molecule has 3 nitrogen and oxygen atoms in total. The van der Waals surface area contributed by atoms with Gasteiger partial charge in [-0.15, -0.1) is 11.3 Å². The van der Waals surface area contributed by atoms with Gasteiger partial charge in [0.05, 0.1) is 0 Å². The molecular weight excluding hydrogens is 218 g/mol. The smallest absolute Gasteiger partial charge is 0.107 e. The summed E-state index contributed by atoms with van der Waals surface area (Å²) in [5.74, 6) is 0. The summed E-state index contributed by atoms with van der Waals surface area (Å²) in [4.78, 5) is 8.12. The molecule has 1 aromatic heterocycles. The molecule has 0 amide bonds. The van der Waals surface area contributed by atoms with Crippen LogP contribution in [0.3, 0.4) is 0 Å². The van der Waals surface area contributed by atoms with Gasteiger partial charge in [0, 0.05) is 29.7 Å². The van der Waals surface area contributed by atoms with Crippen molar-refractivity contribution in [1.82, 2.24) is 15.2 Å². The fourth-order valence-electron chi connectivity index (χ4n) is 2.19. The van der Waals surface area contributed by atoms with Gasteiger partial charge < -0.3 is 10.2 Å². The number of hydrogen-bond donors (Lipinski definition) is 1. The summed E-state index contributed by atoms with van der Waals surface area (Å²) in [6.07, 6.45) is 4.46. The minimum Gasteiger partial charge on any atom is -0.308 e. The number of rotatable bonds is 3. The zero-order valence-corrected chi connectivity index (χ0v) is 11.2. The number of nitrogens with zero attached hydrogens (tertiary/aromatic N) is 2. The molecule has 16 heavy (non-hydrogen) atoms. The second kappa shape index (κ2) is 5.25. The Morgan fingerprint density at radius 3 is 3.06 bits per heavy atom. The zero-order valence-electron chi connectivity index (χ0n) is 10.4. The van der Waals surface area contributed by atoms with Crippen LogP contribution in [0.5, 0.6) is 0 Å². The average molecular weight is 239 g/mol. The summed E-state index contributed by atoms with van der Waals surface area (Å²) < 4.78 is 0. The van der Waals surface area contributed by atoms with Crippen molar-refractivity contribution >= 4 is 11.3 Å². The monoisotopic (exact) mass is 239 g/mol. The molecule has 0 aromatic carbocycles. The van der Waals surface area contributed by atoms with Crippen LogP contribution in [0.25, 0.3) is 0 Å². The highest BCUT2D eigenvalue weighted by Crippen LogP contribution is 2.17. The lowest BCUT2D eigenvalue weighted by Gasteiger charge is -2.35. The van der Waals surface area contributed by atoms with Crippen LogP contribution < -0.4 is 5.32 Å². The van der Waals surface area contributed by atoms with E-state index in [1.54, 1.807) is 11.3 Å². The number of nitrogens with one attached hydrogen (secondary N) is 1. The molecule has 0 spiro atoms. The van der Waals surface area contributed by atoms with E-state index in [1.807, 2.05) is 6.20 Å². The van der Waals surface area contributed by atoms with Crippen molar-refractivity contribution in [2.45, 2.75) is 45.3 Å². The molecule has 1 aliphatic heterocycles. The molecule has 1 aromatic rings. The van der Waals surface area contributed by atoms with Crippen LogP contribution in [0.4, 0.5) is 0 Å². The van der Waals surface area contributed by atoms with Gasteiger partial charge in [-0.3, -0.25) is 0 Å². The Morgan fingerprint density at radius 1 is 1.62 bits per heavy atom. The molecule has 2 heterocycles. The molecule has 0 radical (unpaired) electrons. The maximum atomic E-state index is 4.38. The minimum atomic E-state index is 0.662. The maximum absolute atomic E-state index is 4.38. The molecule has 1 aliphatic rings. The molecule has 2 atom stereocenters. The van der Waals surface area contributed by atoms with Gasteiger partial charge in [-0.05, 0) is 40.3 Å². The third-order valence-electron chi connectivity index (χ3n) is 3.42. The normalized spacial score (nSPS) is 27.2. The first kappa shape index (κ1) is 12.0. The van der Waals surface area contributed by atoms with E-state index in [0.717, 1.165) is 6.54 Å². The standard InChI is InChI=1S/C12H21N3S/c1-9-6-11(4-5-15(9)3)13-8-12-14-7-10(2)16-12/h7,9,11,13H,4-6,8H2,1-3H3. The van der Waals surface area contributed by atoms with Crippen LogP contribution in [0.1, 0.15) is 29.7 Å². The van der Waals surface area contributed by atoms with Crippen LogP contribution in [-0.2, 0) is 6.54 Å². The van der Waals surface area contributed by atoms with Crippen LogP contribution in [0.15, 0.2) is 6.20 Å². The van der Waals surface area contributed by atoms with Gasteiger partial charge in [-0.2, -0.15) is 0 Å². The van der Waals surface area contributed by atoms with Gasteiger partial charge in [0.1, 0.15) is 5.01 Å². The van der Waals surface area contributed by atoms with Gasteiger partial charge in [0.2, 0.25) is 0 Å². The molecule has 1 fully saturated rings. The van der Waals surface area contributed by atoms with Gasteiger partial charge in [0.25, 0.3) is 0 Å². The lowest BCUT2D eigenvalue weighted by Crippen LogP contribution is -2.45. The van der Waals surface area contributed by atoms with E-state index in [9.17, 15) is 0 Å². The second-order valence-electron chi connectivity index (χ2n) is 4.80. The predicted molar refractivity (Wildman–Crippen MR) is 68.8 cm³/mol. The second-order valence-corrected chi connectivity index (χ2v) is 6.12. The highest BCUT2D eigenvalue weighted by molar-refractivity contribution is 7.11. The highest BCUT2D eigenvalue weighted by Gasteiger charge is 2.22. The summed E-state index contributed by atoms with van der Waals surface area (Å²) in [6, 6.07) is 1.36. The van der Waals surface area contributed by atoms with Crippen molar-refractivity contribution < 1.29 is 0 Å². The average Bonchev–Trinajstić information content (AvgIpc) is 2.66. The van der Waals surface area contributed by atoms with Crippen LogP contribution in [-0.4, -0.2) is 35.6 Å². The van der Waals surface area contributed by atoms with Crippen molar-refractivity contribution in [3.8, 4) is 0 Å². The summed E-state index contributed by atoms with van der Waals surface area (Å²) in [6.45, 7) is 6.55. The molecule has 1 saturated heterocycles. The van der Waals surface area contributed by atoms with Crippen LogP contribution in [0, 0.1) is 6.92 Å². The SMILES string of the molecule is Cc1cnc(CNC2CCN(C)C(C)C2)s1. The topological polar surface area (TPSA) is 28.2 Å². The lowest BCUT2D eigenvalue weighted by molar-refractivity contribution is 0.168. The Bertz CT molecular complexity index is 337. The van der Waals surface area contributed by atoms with Crippen molar-refractivity contribution in [2.75, 3.05) is 13.6 Å². The van der Waals surface area contributed by atoms with E-state index in [2.05, 4.69) is 36.1 Å². The van der Waals surface area contributed by atoms with Gasteiger partial charge in [-0.1, -0.05) is 0 Å². The van der Waals surface area contributed by atoms with E-state index < -0.39 is 0 Å². The summed E-state index contributed by atoms with van der Waals surface area (Å²) in [5, 5.41) is 4.84. The quantitative estimate of drug-likeness (QED) is 0.875. The van der Waals surface area contributed by atoms with Crippen molar-refractivity contribution in [3.63, 3.8) is 0 Å². The Kier molecular flexibility index (Phi) is 3.95. The van der Waals surface area contributed by atoms with Crippen molar-refractivity contribution in [1.29, 1.82) is 0 Å². The number of piperidine rings is 1. The number of likely N-dealkylation sites (tertiary alicyclic amines) is 1. The number of thiazole rings is 1. The van der Waals surface area contributed by atoms with Crippen LogP contribution >= 0.6 is 11.3 Å². The number of aromatic nitrogens is 1. The first-order valence-corrected chi connectivity index (χ1v) is 6.81. The Morgan fingerprint density at radius 2 is 2.44 bits per heavy atom. The number of aryl methyl sites for hydroxylation is 1. The molecule has 0 saturated carbocycles. The van der Waals surface area contributed by atoms with E-state index in [-0.39, 0.29) is 0 Å². The Balaban J connectivity index is 1.78. The fourth-order valence-corrected chi connectivity index (χ4v) is 2.93. The first-order chi connectivity index (χ1) is 7.65. The lowest BCUT2D eigenvalue weighted by atomic mass is 9.99. The number of hydrogen-bond acceptors (Lipinski definition) is 4. The summed E-state index contributed by atoms with van der Waals surface area (Å²) >= 11 is 1.79. The van der Waals surface area contributed by atoms with Gasteiger partial charge in [0.15, 0.2) is 0 Å². The predicted octanol–water partition coefficient (Wildman–Crippen LogP) is 2.02. The van der Waals surface area contributed by atoms with Crippen molar-refractivity contribution in [2.24, 2.45) is 0 Å². The minimum absolute atomic E-state index is 0.662. The third kappa shape index (κ3) is 3.03. The summed E-state index contributed by atoms with van der Waals surface area (Å²) in [5.41, 5.74) is 0. The van der Waals surface area contributed by atoms with Gasteiger partial charge in [-0.25, -0.2) is 4.98 Å². The largest absolute Gasteiger partial charge is 0.308 e.